The van der Waals surface area contributed by atoms with Gasteiger partial charge in [0, 0.05) is 12.6 Å². The molecule has 1 aromatic rings. The van der Waals surface area contributed by atoms with Crippen LogP contribution in [0, 0.1) is 0 Å². The lowest BCUT2D eigenvalue weighted by Gasteiger charge is -2.27. The topological polar surface area (TPSA) is 65.9 Å². The normalized spacial score (nSPS) is 20.9. The second-order valence-electron chi connectivity index (χ2n) is 7.33. The molecule has 5 nitrogen and oxygen atoms in total. The summed E-state index contributed by atoms with van der Waals surface area (Å²) < 4.78 is 45.9. The average Bonchev–Trinajstić information content (AvgIpc) is 2.61. The van der Waals surface area contributed by atoms with Crippen LogP contribution in [0.25, 0.3) is 0 Å². The summed E-state index contributed by atoms with van der Waals surface area (Å²) in [5.41, 5.74) is -0.633. The van der Waals surface area contributed by atoms with Gasteiger partial charge in [-0.3, -0.25) is 0 Å². The molecule has 0 bridgehead atoms. The SMILES string of the molecule is CCNC(=NCc1ccc(OC(C)C)cc1C(F)(F)F)NC1CCC(O)CC1. The molecule has 3 N–H and O–H groups in total. The maximum Gasteiger partial charge on any atom is 0.416 e. The van der Waals surface area contributed by atoms with Crippen molar-refractivity contribution in [2.45, 2.75) is 77.4 Å². The number of aliphatic hydroxyl groups excluding tert-OH is 1. The summed E-state index contributed by atoms with van der Waals surface area (Å²) in [5.74, 6) is 0.681. The first-order valence-corrected chi connectivity index (χ1v) is 9.78. The summed E-state index contributed by atoms with van der Waals surface area (Å²) in [6, 6.07) is 4.16. The number of nitrogens with zero attached hydrogens (tertiary/aromatic N) is 1. The van der Waals surface area contributed by atoms with Crippen molar-refractivity contribution in [1.82, 2.24) is 10.6 Å². The van der Waals surface area contributed by atoms with Crippen LogP contribution < -0.4 is 15.4 Å². The molecule has 0 unspecified atom stereocenters. The Hall–Kier alpha value is -1.96. The van der Waals surface area contributed by atoms with Crippen molar-refractivity contribution in [1.29, 1.82) is 0 Å². The van der Waals surface area contributed by atoms with Gasteiger partial charge in [-0.05, 0) is 64.2 Å². The van der Waals surface area contributed by atoms with Crippen molar-refractivity contribution in [2.75, 3.05) is 6.54 Å². The molecule has 8 heteroatoms. The highest BCUT2D eigenvalue weighted by molar-refractivity contribution is 5.80. The number of rotatable bonds is 6. The van der Waals surface area contributed by atoms with Gasteiger partial charge in [0.2, 0.25) is 0 Å². The number of hydrogen-bond donors (Lipinski definition) is 3. The molecule has 1 fully saturated rings. The van der Waals surface area contributed by atoms with E-state index in [0.717, 1.165) is 18.9 Å². The van der Waals surface area contributed by atoms with E-state index in [9.17, 15) is 18.3 Å². The summed E-state index contributed by atoms with van der Waals surface area (Å²) >= 11 is 0. The maximum atomic E-state index is 13.5. The fourth-order valence-corrected chi connectivity index (χ4v) is 3.20. The van der Waals surface area contributed by atoms with Gasteiger partial charge in [-0.25, -0.2) is 4.99 Å². The van der Waals surface area contributed by atoms with Crippen LogP contribution in [0.3, 0.4) is 0 Å². The third-order valence-electron chi connectivity index (χ3n) is 4.55. The fourth-order valence-electron chi connectivity index (χ4n) is 3.20. The Morgan fingerprint density at radius 1 is 1.25 bits per heavy atom. The number of aliphatic hydroxyl groups is 1. The van der Waals surface area contributed by atoms with Crippen molar-refractivity contribution < 1.29 is 23.0 Å². The van der Waals surface area contributed by atoms with Gasteiger partial charge < -0.3 is 20.5 Å². The van der Waals surface area contributed by atoms with E-state index in [1.165, 1.54) is 6.07 Å². The highest BCUT2D eigenvalue weighted by Gasteiger charge is 2.34. The molecule has 1 saturated carbocycles. The van der Waals surface area contributed by atoms with Crippen molar-refractivity contribution >= 4 is 5.96 Å². The molecule has 1 aliphatic carbocycles. The molecule has 0 radical (unpaired) electrons. The van der Waals surface area contributed by atoms with Crippen LogP contribution in [0.2, 0.25) is 0 Å². The lowest BCUT2D eigenvalue weighted by Crippen LogP contribution is -2.45. The largest absolute Gasteiger partial charge is 0.491 e. The van der Waals surface area contributed by atoms with Crippen LogP contribution in [-0.4, -0.2) is 35.9 Å². The molecule has 0 aromatic heterocycles. The number of hydrogen-bond acceptors (Lipinski definition) is 3. The highest BCUT2D eigenvalue weighted by Crippen LogP contribution is 2.35. The van der Waals surface area contributed by atoms with Gasteiger partial charge in [0.1, 0.15) is 5.75 Å². The average molecular weight is 401 g/mol. The molecule has 0 heterocycles. The lowest BCUT2D eigenvalue weighted by molar-refractivity contribution is -0.138. The zero-order valence-corrected chi connectivity index (χ0v) is 16.6. The van der Waals surface area contributed by atoms with E-state index in [-0.39, 0.29) is 36.1 Å². The van der Waals surface area contributed by atoms with Crippen LogP contribution in [-0.2, 0) is 12.7 Å². The summed E-state index contributed by atoms with van der Waals surface area (Å²) in [6.45, 7) is 5.95. The summed E-state index contributed by atoms with van der Waals surface area (Å²) in [6.07, 6.45) is -1.91. The number of benzene rings is 1. The van der Waals surface area contributed by atoms with Gasteiger partial charge in [-0.1, -0.05) is 6.07 Å². The fraction of sp³-hybridized carbons (Fsp3) is 0.650. The number of guanidine groups is 1. The molecule has 1 aliphatic rings. The lowest BCUT2D eigenvalue weighted by atomic mass is 9.93. The zero-order valence-electron chi connectivity index (χ0n) is 16.6. The monoisotopic (exact) mass is 401 g/mol. The van der Waals surface area contributed by atoms with Gasteiger partial charge in [0.05, 0.1) is 24.3 Å². The van der Waals surface area contributed by atoms with E-state index < -0.39 is 11.7 Å². The highest BCUT2D eigenvalue weighted by atomic mass is 19.4. The van der Waals surface area contributed by atoms with Crippen LogP contribution in [0.15, 0.2) is 23.2 Å². The van der Waals surface area contributed by atoms with E-state index >= 15 is 0 Å². The third-order valence-corrected chi connectivity index (χ3v) is 4.55. The van der Waals surface area contributed by atoms with Crippen LogP contribution in [0.4, 0.5) is 13.2 Å². The molecular formula is C20H30F3N3O2. The first-order chi connectivity index (χ1) is 13.2. The number of ether oxygens (including phenoxy) is 1. The first kappa shape index (κ1) is 22.3. The Bertz CT molecular complexity index is 655. The number of halogens is 3. The van der Waals surface area contributed by atoms with E-state index in [1.807, 2.05) is 6.92 Å². The predicted octanol–water partition coefficient (Wildman–Crippen LogP) is 3.85. The molecule has 0 amide bonds. The minimum absolute atomic E-state index is 0.0958. The second-order valence-corrected chi connectivity index (χ2v) is 7.33. The molecule has 0 atom stereocenters. The number of alkyl halides is 3. The van der Waals surface area contributed by atoms with Gasteiger partial charge in [-0.15, -0.1) is 0 Å². The minimum atomic E-state index is -4.48. The van der Waals surface area contributed by atoms with E-state index in [1.54, 1.807) is 19.9 Å². The summed E-state index contributed by atoms with van der Waals surface area (Å²) in [7, 11) is 0. The van der Waals surface area contributed by atoms with Crippen LogP contribution in [0.1, 0.15) is 57.6 Å². The van der Waals surface area contributed by atoms with E-state index in [2.05, 4.69) is 15.6 Å². The Kier molecular flexibility index (Phi) is 7.98. The van der Waals surface area contributed by atoms with Crippen LogP contribution in [0.5, 0.6) is 5.75 Å². The second kappa shape index (κ2) is 10.0. The molecule has 0 spiro atoms. The van der Waals surface area contributed by atoms with Crippen LogP contribution >= 0.6 is 0 Å². The summed E-state index contributed by atoms with van der Waals surface area (Å²) in [5, 5.41) is 16.0. The summed E-state index contributed by atoms with van der Waals surface area (Å²) in [4.78, 5) is 4.35. The smallest absolute Gasteiger partial charge is 0.416 e. The van der Waals surface area contributed by atoms with Crippen molar-refractivity contribution in [3.8, 4) is 5.75 Å². The first-order valence-electron chi connectivity index (χ1n) is 9.78. The molecular weight excluding hydrogens is 371 g/mol. The molecule has 2 rings (SSSR count). The van der Waals surface area contributed by atoms with Crippen molar-refractivity contribution in [3.63, 3.8) is 0 Å². The molecule has 158 valence electrons. The molecule has 1 aromatic carbocycles. The Morgan fingerprint density at radius 3 is 2.50 bits per heavy atom. The van der Waals surface area contributed by atoms with Crippen molar-refractivity contribution in [3.05, 3.63) is 29.3 Å². The van der Waals surface area contributed by atoms with E-state index in [0.29, 0.717) is 25.3 Å². The van der Waals surface area contributed by atoms with Gasteiger partial charge in [-0.2, -0.15) is 13.2 Å². The van der Waals surface area contributed by atoms with Crippen molar-refractivity contribution in [2.24, 2.45) is 4.99 Å². The maximum absolute atomic E-state index is 13.5. The Morgan fingerprint density at radius 2 is 1.93 bits per heavy atom. The number of aliphatic imine (C=N–C) groups is 1. The van der Waals surface area contributed by atoms with E-state index in [4.69, 9.17) is 4.74 Å². The molecule has 0 aliphatic heterocycles. The Balaban J connectivity index is 2.15. The number of nitrogens with one attached hydrogen (secondary N) is 2. The molecule has 28 heavy (non-hydrogen) atoms. The standard InChI is InChI=1S/C20H30F3N3O2/c1-4-24-19(26-15-6-8-16(27)9-7-15)25-12-14-5-10-17(28-13(2)3)11-18(14)20(21,22)23/h5,10-11,13,15-16,27H,4,6-9,12H2,1-3H3,(H2,24,25,26). The Labute approximate surface area is 164 Å². The van der Waals surface area contributed by atoms with Gasteiger partial charge >= 0.3 is 6.18 Å². The van der Waals surface area contributed by atoms with Gasteiger partial charge in [0.15, 0.2) is 5.96 Å². The predicted molar refractivity (Wildman–Crippen MR) is 103 cm³/mol. The third kappa shape index (κ3) is 6.89. The molecule has 0 saturated heterocycles. The zero-order chi connectivity index (χ0) is 20.7. The van der Waals surface area contributed by atoms with Gasteiger partial charge in [0.25, 0.3) is 0 Å². The minimum Gasteiger partial charge on any atom is -0.491 e. The quantitative estimate of drug-likeness (QED) is 0.500.